The molecular weight excluding hydrogens is 448 g/mol. The van der Waals surface area contributed by atoms with E-state index in [1.807, 2.05) is 31.2 Å². The molecule has 0 aliphatic carbocycles. The highest BCUT2D eigenvalue weighted by atomic mass is 16.5. The summed E-state index contributed by atoms with van der Waals surface area (Å²) in [6.45, 7) is 2.63. The number of rotatable bonds is 8. The number of hydrogen-bond donors (Lipinski definition) is 0. The minimum absolute atomic E-state index is 0.00757. The molecule has 9 nitrogen and oxygen atoms in total. The number of ether oxygens (including phenoxy) is 1. The lowest BCUT2D eigenvalue weighted by Gasteiger charge is -2.13. The van der Waals surface area contributed by atoms with Crippen molar-refractivity contribution in [2.24, 2.45) is 0 Å². The van der Waals surface area contributed by atoms with Gasteiger partial charge in [-0.15, -0.1) is 0 Å². The van der Waals surface area contributed by atoms with E-state index in [0.29, 0.717) is 29.0 Å². The summed E-state index contributed by atoms with van der Waals surface area (Å²) in [5, 5.41) is 0.473. The van der Waals surface area contributed by atoms with Gasteiger partial charge in [0.25, 0.3) is 5.56 Å². The van der Waals surface area contributed by atoms with Crippen LogP contribution in [0.25, 0.3) is 21.9 Å². The molecule has 3 heterocycles. The van der Waals surface area contributed by atoms with Crippen LogP contribution >= 0.6 is 0 Å². The molecule has 5 rings (SSSR count). The smallest absolute Gasteiger partial charge is 0.329 e. The highest BCUT2D eigenvalue weighted by Gasteiger charge is 2.16. The zero-order valence-electron chi connectivity index (χ0n) is 19.2. The van der Waals surface area contributed by atoms with Crippen LogP contribution in [-0.2, 0) is 35.8 Å². The molecule has 178 valence electrons. The van der Waals surface area contributed by atoms with Gasteiger partial charge in [0.1, 0.15) is 12.4 Å². The predicted molar refractivity (Wildman–Crippen MR) is 130 cm³/mol. The summed E-state index contributed by atoms with van der Waals surface area (Å²) in [4.78, 5) is 43.1. The van der Waals surface area contributed by atoms with Gasteiger partial charge < -0.3 is 9.15 Å². The summed E-state index contributed by atoms with van der Waals surface area (Å²) in [5.74, 6) is 0.416. The maximum absolute atomic E-state index is 13.1. The maximum atomic E-state index is 13.1. The van der Waals surface area contributed by atoms with Crippen molar-refractivity contribution in [3.63, 3.8) is 0 Å². The third-order valence-electron chi connectivity index (χ3n) is 5.98. The number of benzene rings is 2. The third-order valence-corrected chi connectivity index (χ3v) is 5.98. The molecule has 0 spiro atoms. The number of para-hydroxylation sites is 3. The van der Waals surface area contributed by atoms with E-state index in [4.69, 9.17) is 9.15 Å². The van der Waals surface area contributed by atoms with E-state index < -0.39 is 5.97 Å². The van der Waals surface area contributed by atoms with E-state index in [2.05, 4.69) is 4.98 Å². The topological polar surface area (TPSA) is 101 Å². The van der Waals surface area contributed by atoms with E-state index in [-0.39, 0.29) is 37.4 Å². The second-order valence-electron chi connectivity index (χ2n) is 8.09. The molecule has 0 unspecified atom stereocenters. The number of furan rings is 1. The molecule has 0 fully saturated rings. The van der Waals surface area contributed by atoms with E-state index in [1.165, 1.54) is 10.8 Å². The zero-order valence-corrected chi connectivity index (χ0v) is 19.2. The summed E-state index contributed by atoms with van der Waals surface area (Å²) < 4.78 is 15.6. The largest absolute Gasteiger partial charge is 0.467 e. The SMILES string of the molecule is CCn1c(=O)n(CCC(=O)OCc2nc3ccccc3c(=O)n2Cc2ccco2)c2ccccc21. The summed E-state index contributed by atoms with van der Waals surface area (Å²) >= 11 is 0. The van der Waals surface area contributed by atoms with Crippen LogP contribution in [0.15, 0.2) is 80.9 Å². The Balaban J connectivity index is 1.36. The Bertz CT molecular complexity index is 1630. The molecule has 3 aromatic heterocycles. The van der Waals surface area contributed by atoms with Crippen LogP contribution in [0.4, 0.5) is 0 Å². The normalized spacial score (nSPS) is 11.3. The fourth-order valence-corrected chi connectivity index (χ4v) is 4.26. The van der Waals surface area contributed by atoms with Crippen LogP contribution < -0.4 is 11.2 Å². The molecule has 0 saturated heterocycles. The van der Waals surface area contributed by atoms with Gasteiger partial charge in [-0.25, -0.2) is 9.78 Å². The summed E-state index contributed by atoms with van der Waals surface area (Å²) in [6, 6.07) is 18.0. The average Bonchev–Trinajstić information content (AvgIpc) is 3.48. The van der Waals surface area contributed by atoms with Crippen LogP contribution in [-0.4, -0.2) is 24.7 Å². The van der Waals surface area contributed by atoms with E-state index in [1.54, 1.807) is 45.5 Å². The molecule has 35 heavy (non-hydrogen) atoms. The fraction of sp³-hybridized carbons (Fsp3) is 0.231. The van der Waals surface area contributed by atoms with E-state index in [0.717, 1.165) is 11.0 Å². The molecule has 9 heteroatoms. The molecule has 2 aromatic carbocycles. The second-order valence-corrected chi connectivity index (χ2v) is 8.09. The van der Waals surface area contributed by atoms with Gasteiger partial charge in [0.2, 0.25) is 0 Å². The quantitative estimate of drug-likeness (QED) is 0.321. The minimum atomic E-state index is -0.489. The first kappa shape index (κ1) is 22.4. The first-order valence-corrected chi connectivity index (χ1v) is 11.4. The average molecular weight is 473 g/mol. The maximum Gasteiger partial charge on any atom is 0.329 e. The fourth-order valence-electron chi connectivity index (χ4n) is 4.26. The molecular formula is C26H24N4O5. The summed E-state index contributed by atoms with van der Waals surface area (Å²) in [5.41, 5.74) is 1.73. The Kier molecular flexibility index (Phi) is 6.05. The van der Waals surface area contributed by atoms with Gasteiger partial charge in [0, 0.05) is 13.1 Å². The molecule has 0 amide bonds. The lowest BCUT2D eigenvalue weighted by molar-refractivity contribution is -0.145. The molecule has 0 saturated carbocycles. The lowest BCUT2D eigenvalue weighted by Crippen LogP contribution is -2.27. The van der Waals surface area contributed by atoms with Crippen molar-refractivity contribution in [2.45, 2.75) is 39.6 Å². The first-order valence-electron chi connectivity index (χ1n) is 11.4. The van der Waals surface area contributed by atoms with Gasteiger partial charge in [0.15, 0.2) is 5.82 Å². The Labute approximate surface area is 199 Å². The monoisotopic (exact) mass is 472 g/mol. The number of aromatic nitrogens is 4. The summed E-state index contributed by atoms with van der Waals surface area (Å²) in [6.07, 6.45) is 1.54. The number of fused-ring (bicyclic) bond motifs is 2. The minimum Gasteiger partial charge on any atom is -0.467 e. The Morgan fingerprint density at radius 2 is 1.69 bits per heavy atom. The van der Waals surface area contributed by atoms with Gasteiger partial charge in [-0.05, 0) is 43.3 Å². The highest BCUT2D eigenvalue weighted by Crippen LogP contribution is 2.14. The number of hydrogen-bond acceptors (Lipinski definition) is 6. The van der Waals surface area contributed by atoms with Crippen LogP contribution in [0.2, 0.25) is 0 Å². The van der Waals surface area contributed by atoms with Crippen LogP contribution in [0.3, 0.4) is 0 Å². The first-order chi connectivity index (χ1) is 17.1. The molecule has 0 aliphatic rings. The molecule has 0 radical (unpaired) electrons. The molecule has 0 bridgehead atoms. The number of imidazole rings is 1. The molecule has 0 atom stereocenters. The van der Waals surface area contributed by atoms with Crippen molar-refractivity contribution in [3.05, 3.63) is 99.3 Å². The number of nitrogens with zero attached hydrogens (tertiary/aromatic N) is 4. The van der Waals surface area contributed by atoms with Gasteiger partial charge in [-0.1, -0.05) is 24.3 Å². The van der Waals surface area contributed by atoms with Crippen molar-refractivity contribution in [1.29, 1.82) is 0 Å². The third kappa shape index (κ3) is 4.28. The molecule has 0 N–H and O–H groups in total. The van der Waals surface area contributed by atoms with E-state index >= 15 is 0 Å². The van der Waals surface area contributed by atoms with Gasteiger partial charge in [-0.3, -0.25) is 23.3 Å². The number of carbonyl (C=O) groups excluding carboxylic acids is 1. The number of carbonyl (C=O) groups is 1. The lowest BCUT2D eigenvalue weighted by atomic mass is 10.2. The highest BCUT2D eigenvalue weighted by molar-refractivity contribution is 5.78. The standard InChI is InChI=1S/C26H24N4O5/c1-2-28-21-11-5-6-12-22(21)29(26(28)33)14-13-24(31)35-17-23-27-20-10-4-3-9-19(20)25(32)30(23)16-18-8-7-15-34-18/h3-12,15H,2,13-14,16-17H2,1H3. The van der Waals surface area contributed by atoms with Crippen LogP contribution in [0.1, 0.15) is 24.9 Å². The van der Waals surface area contributed by atoms with Gasteiger partial charge in [-0.2, -0.15) is 0 Å². The zero-order chi connectivity index (χ0) is 24.4. The van der Waals surface area contributed by atoms with E-state index in [9.17, 15) is 14.4 Å². The van der Waals surface area contributed by atoms with Crippen molar-refractivity contribution in [1.82, 2.24) is 18.7 Å². The Morgan fingerprint density at radius 1 is 0.943 bits per heavy atom. The van der Waals surface area contributed by atoms with Crippen LogP contribution in [0.5, 0.6) is 0 Å². The number of esters is 1. The Hall–Kier alpha value is -4.40. The van der Waals surface area contributed by atoms with Crippen LogP contribution in [0, 0.1) is 0 Å². The molecule has 5 aromatic rings. The Morgan fingerprint density at radius 3 is 2.43 bits per heavy atom. The van der Waals surface area contributed by atoms with Crippen molar-refractivity contribution in [2.75, 3.05) is 0 Å². The number of aryl methyl sites for hydroxylation is 2. The van der Waals surface area contributed by atoms with Gasteiger partial charge >= 0.3 is 11.7 Å². The van der Waals surface area contributed by atoms with Crippen molar-refractivity contribution < 1.29 is 13.9 Å². The van der Waals surface area contributed by atoms with Crippen molar-refractivity contribution >= 4 is 27.9 Å². The summed E-state index contributed by atoms with van der Waals surface area (Å²) in [7, 11) is 0. The van der Waals surface area contributed by atoms with Crippen molar-refractivity contribution in [3.8, 4) is 0 Å². The predicted octanol–water partition coefficient (Wildman–Crippen LogP) is 3.31. The second kappa shape index (κ2) is 9.46. The molecule has 0 aliphatic heterocycles. The van der Waals surface area contributed by atoms with Gasteiger partial charge in [0.05, 0.1) is 41.2 Å².